The average molecular weight is 347 g/mol. The number of carbonyl (C=O) groups excluding carboxylic acids is 1. The molecule has 0 unspecified atom stereocenters. The lowest BCUT2D eigenvalue weighted by Gasteiger charge is -2.13. The number of nitrogens with zero attached hydrogens (tertiary/aromatic N) is 2. The van der Waals surface area contributed by atoms with Crippen molar-refractivity contribution in [3.63, 3.8) is 0 Å². The standard InChI is InChI=1S/C21H21N3O2/c25-19(22-18-14-13-15-7-4-5-10-17(15)18)11-6-12-20-23-21(24-26-20)16-8-2-1-3-9-16/h1-5,7-10,18H,6,11-14H2,(H,22,25)/t18-/m0/s1. The number of nitrogens with one attached hydrogen (secondary N) is 1. The van der Waals surface area contributed by atoms with E-state index >= 15 is 0 Å². The molecule has 1 N–H and O–H groups in total. The maximum atomic E-state index is 12.2. The molecule has 0 saturated heterocycles. The number of benzene rings is 2. The molecule has 1 atom stereocenters. The summed E-state index contributed by atoms with van der Waals surface area (Å²) in [5, 5.41) is 7.15. The highest BCUT2D eigenvalue weighted by Crippen LogP contribution is 2.30. The Morgan fingerprint density at radius 2 is 1.92 bits per heavy atom. The van der Waals surface area contributed by atoms with E-state index < -0.39 is 0 Å². The van der Waals surface area contributed by atoms with Gasteiger partial charge in [-0.05, 0) is 30.4 Å². The molecule has 0 radical (unpaired) electrons. The first kappa shape index (κ1) is 16.5. The highest BCUT2D eigenvalue weighted by Gasteiger charge is 2.23. The van der Waals surface area contributed by atoms with Gasteiger partial charge in [0.2, 0.25) is 17.6 Å². The maximum absolute atomic E-state index is 12.2. The second-order valence-corrected chi connectivity index (χ2v) is 6.59. The normalized spacial score (nSPS) is 15.6. The fourth-order valence-electron chi connectivity index (χ4n) is 3.43. The highest BCUT2D eigenvalue weighted by molar-refractivity contribution is 5.76. The second kappa shape index (κ2) is 7.52. The van der Waals surface area contributed by atoms with Crippen molar-refractivity contribution in [2.24, 2.45) is 0 Å². The van der Waals surface area contributed by atoms with Gasteiger partial charge in [0, 0.05) is 18.4 Å². The van der Waals surface area contributed by atoms with Crippen LogP contribution in [0.4, 0.5) is 0 Å². The molecule has 26 heavy (non-hydrogen) atoms. The molecule has 5 nitrogen and oxygen atoms in total. The topological polar surface area (TPSA) is 68.0 Å². The first-order valence-electron chi connectivity index (χ1n) is 9.05. The number of hydrogen-bond donors (Lipinski definition) is 1. The molecule has 1 aliphatic carbocycles. The lowest BCUT2D eigenvalue weighted by atomic mass is 10.1. The Morgan fingerprint density at radius 3 is 2.81 bits per heavy atom. The van der Waals surface area contributed by atoms with Gasteiger partial charge in [0.25, 0.3) is 0 Å². The third-order valence-electron chi connectivity index (χ3n) is 4.76. The largest absolute Gasteiger partial charge is 0.349 e. The zero-order chi connectivity index (χ0) is 17.8. The number of carbonyl (C=O) groups is 1. The van der Waals surface area contributed by atoms with Crippen LogP contribution in [-0.2, 0) is 17.6 Å². The van der Waals surface area contributed by atoms with Gasteiger partial charge in [-0.15, -0.1) is 0 Å². The zero-order valence-corrected chi connectivity index (χ0v) is 14.5. The minimum absolute atomic E-state index is 0.0782. The predicted molar refractivity (Wildman–Crippen MR) is 98.3 cm³/mol. The van der Waals surface area contributed by atoms with Crippen molar-refractivity contribution < 1.29 is 9.32 Å². The summed E-state index contributed by atoms with van der Waals surface area (Å²) in [6.07, 6.45) is 3.77. The molecule has 0 spiro atoms. The molecule has 0 fully saturated rings. The van der Waals surface area contributed by atoms with Crippen LogP contribution in [-0.4, -0.2) is 16.0 Å². The molecule has 3 aromatic rings. The van der Waals surface area contributed by atoms with Crippen molar-refractivity contribution in [3.8, 4) is 11.4 Å². The second-order valence-electron chi connectivity index (χ2n) is 6.59. The van der Waals surface area contributed by atoms with Gasteiger partial charge in [0.15, 0.2) is 0 Å². The van der Waals surface area contributed by atoms with E-state index in [1.54, 1.807) is 0 Å². The van der Waals surface area contributed by atoms with Gasteiger partial charge in [0.1, 0.15) is 0 Å². The van der Waals surface area contributed by atoms with Crippen molar-refractivity contribution in [2.75, 3.05) is 0 Å². The fraction of sp³-hybridized carbons (Fsp3) is 0.286. The van der Waals surface area contributed by atoms with E-state index in [0.717, 1.165) is 18.4 Å². The van der Waals surface area contributed by atoms with Crippen LogP contribution in [0, 0.1) is 0 Å². The van der Waals surface area contributed by atoms with Gasteiger partial charge in [0.05, 0.1) is 6.04 Å². The molecular weight excluding hydrogens is 326 g/mol. The van der Waals surface area contributed by atoms with E-state index in [4.69, 9.17) is 4.52 Å². The number of aromatic nitrogens is 2. The Kier molecular flexibility index (Phi) is 4.78. The van der Waals surface area contributed by atoms with Gasteiger partial charge in [-0.3, -0.25) is 4.79 Å². The molecule has 4 rings (SSSR count). The van der Waals surface area contributed by atoms with Crippen LogP contribution in [0.1, 0.15) is 42.3 Å². The third-order valence-corrected chi connectivity index (χ3v) is 4.76. The summed E-state index contributed by atoms with van der Waals surface area (Å²) in [6, 6.07) is 18.2. The molecular formula is C21H21N3O2. The molecule has 1 amide bonds. The van der Waals surface area contributed by atoms with Crippen LogP contribution in [0.25, 0.3) is 11.4 Å². The zero-order valence-electron chi connectivity index (χ0n) is 14.5. The number of fused-ring (bicyclic) bond motifs is 1. The maximum Gasteiger partial charge on any atom is 0.226 e. The molecule has 1 aliphatic rings. The summed E-state index contributed by atoms with van der Waals surface area (Å²) >= 11 is 0. The van der Waals surface area contributed by atoms with Crippen LogP contribution in [0.2, 0.25) is 0 Å². The minimum Gasteiger partial charge on any atom is -0.349 e. The molecule has 0 bridgehead atoms. The number of rotatable bonds is 6. The van der Waals surface area contributed by atoms with Crippen LogP contribution >= 0.6 is 0 Å². The lowest BCUT2D eigenvalue weighted by molar-refractivity contribution is -0.121. The Balaban J connectivity index is 1.26. The Hall–Kier alpha value is -2.95. The summed E-state index contributed by atoms with van der Waals surface area (Å²) in [5.74, 6) is 1.24. The Labute approximate surface area is 152 Å². The van der Waals surface area contributed by atoms with Crippen molar-refractivity contribution in [1.29, 1.82) is 0 Å². The number of amides is 1. The molecule has 0 saturated carbocycles. The van der Waals surface area contributed by atoms with E-state index in [2.05, 4.69) is 33.7 Å². The van der Waals surface area contributed by atoms with Gasteiger partial charge < -0.3 is 9.84 Å². The molecule has 132 valence electrons. The van der Waals surface area contributed by atoms with E-state index in [-0.39, 0.29) is 11.9 Å². The SMILES string of the molecule is O=C(CCCc1nc(-c2ccccc2)no1)N[C@H]1CCc2ccccc21. The Morgan fingerprint density at radius 1 is 1.12 bits per heavy atom. The summed E-state index contributed by atoms with van der Waals surface area (Å²) < 4.78 is 5.29. The first-order chi connectivity index (χ1) is 12.8. The van der Waals surface area contributed by atoms with Crippen molar-refractivity contribution in [1.82, 2.24) is 15.5 Å². The Bertz CT molecular complexity index is 889. The summed E-state index contributed by atoms with van der Waals surface area (Å²) in [5.41, 5.74) is 3.53. The van der Waals surface area contributed by atoms with Crippen LogP contribution in [0.3, 0.4) is 0 Å². The molecule has 2 aromatic carbocycles. The van der Waals surface area contributed by atoms with Gasteiger partial charge in [-0.1, -0.05) is 59.8 Å². The van der Waals surface area contributed by atoms with Crippen LogP contribution < -0.4 is 5.32 Å². The first-order valence-corrected chi connectivity index (χ1v) is 9.05. The van der Waals surface area contributed by atoms with E-state index in [1.807, 2.05) is 36.4 Å². The summed E-state index contributed by atoms with van der Waals surface area (Å²) in [6.45, 7) is 0. The molecule has 5 heteroatoms. The molecule has 0 aliphatic heterocycles. The van der Waals surface area contributed by atoms with Gasteiger partial charge >= 0.3 is 0 Å². The highest BCUT2D eigenvalue weighted by atomic mass is 16.5. The average Bonchev–Trinajstić information content (AvgIpc) is 3.30. The van der Waals surface area contributed by atoms with Gasteiger partial charge in [-0.25, -0.2) is 0 Å². The van der Waals surface area contributed by atoms with E-state index in [9.17, 15) is 4.79 Å². The minimum atomic E-state index is 0.0782. The molecule has 1 aromatic heterocycles. The van der Waals surface area contributed by atoms with Crippen LogP contribution in [0.5, 0.6) is 0 Å². The number of aryl methyl sites for hydroxylation is 2. The smallest absolute Gasteiger partial charge is 0.226 e. The van der Waals surface area contributed by atoms with E-state index in [1.165, 1.54) is 11.1 Å². The summed E-state index contributed by atoms with van der Waals surface area (Å²) in [7, 11) is 0. The predicted octanol–water partition coefficient (Wildman–Crippen LogP) is 3.86. The summed E-state index contributed by atoms with van der Waals surface area (Å²) in [4.78, 5) is 16.6. The van der Waals surface area contributed by atoms with E-state index in [0.29, 0.717) is 31.0 Å². The van der Waals surface area contributed by atoms with Crippen molar-refractivity contribution in [2.45, 2.75) is 38.1 Å². The van der Waals surface area contributed by atoms with Crippen molar-refractivity contribution in [3.05, 3.63) is 71.6 Å². The molecule has 1 heterocycles. The van der Waals surface area contributed by atoms with Crippen molar-refractivity contribution >= 4 is 5.91 Å². The third kappa shape index (κ3) is 3.67. The monoisotopic (exact) mass is 347 g/mol. The van der Waals surface area contributed by atoms with Gasteiger partial charge in [-0.2, -0.15) is 4.98 Å². The lowest BCUT2D eigenvalue weighted by Crippen LogP contribution is -2.26. The fourth-order valence-corrected chi connectivity index (χ4v) is 3.43. The quantitative estimate of drug-likeness (QED) is 0.735. The number of hydrogen-bond acceptors (Lipinski definition) is 4. The van der Waals surface area contributed by atoms with Crippen LogP contribution in [0.15, 0.2) is 59.1 Å².